The lowest BCUT2D eigenvalue weighted by atomic mass is 10.1. The molecule has 1 aromatic heterocycles. The van der Waals surface area contributed by atoms with Crippen LogP contribution >= 0.6 is 11.8 Å². The number of rotatable bonds is 10. The smallest absolute Gasteiger partial charge is 0.293 e. The number of amides is 2. The van der Waals surface area contributed by atoms with Gasteiger partial charge >= 0.3 is 0 Å². The summed E-state index contributed by atoms with van der Waals surface area (Å²) < 4.78 is 5.88. The van der Waals surface area contributed by atoms with Gasteiger partial charge in [-0.2, -0.15) is 0 Å². The molecular weight excluding hydrogens is 456 g/mol. The van der Waals surface area contributed by atoms with Crippen LogP contribution in [0.15, 0.2) is 71.8 Å². The number of hydrogen-bond acceptors (Lipinski definition) is 5. The number of thioether (sulfide) groups is 1. The van der Waals surface area contributed by atoms with Crippen molar-refractivity contribution in [3.63, 3.8) is 0 Å². The molecule has 0 saturated carbocycles. The van der Waals surface area contributed by atoms with Crippen molar-refractivity contribution in [2.45, 2.75) is 39.5 Å². The van der Waals surface area contributed by atoms with Gasteiger partial charge in [0.25, 0.3) is 11.1 Å². The average molecular weight is 487 g/mol. The van der Waals surface area contributed by atoms with Gasteiger partial charge in [0, 0.05) is 31.3 Å². The van der Waals surface area contributed by atoms with Crippen molar-refractivity contribution in [3.8, 4) is 5.75 Å². The van der Waals surface area contributed by atoms with Crippen LogP contribution < -0.4 is 4.74 Å². The molecule has 2 heterocycles. The second kappa shape index (κ2) is 11.8. The first-order chi connectivity index (χ1) is 17.1. The topological polar surface area (TPSA) is 59.5 Å². The Morgan fingerprint density at radius 1 is 0.886 bits per heavy atom. The van der Waals surface area contributed by atoms with E-state index in [0.717, 1.165) is 48.0 Å². The van der Waals surface area contributed by atoms with Gasteiger partial charge in [-0.25, -0.2) is 0 Å². The minimum Gasteiger partial charge on any atom is -0.493 e. The molecule has 4 rings (SSSR count). The van der Waals surface area contributed by atoms with Crippen molar-refractivity contribution in [1.82, 2.24) is 9.88 Å². The molecule has 1 saturated heterocycles. The second-order valence-corrected chi connectivity index (χ2v) is 9.42. The van der Waals surface area contributed by atoms with Crippen molar-refractivity contribution in [1.29, 1.82) is 0 Å². The summed E-state index contributed by atoms with van der Waals surface area (Å²) in [5.74, 6) is 0.531. The average Bonchev–Trinajstić information content (AvgIpc) is 3.16. The Labute approximate surface area is 211 Å². The molecule has 35 heavy (non-hydrogen) atoms. The zero-order valence-corrected chi connectivity index (χ0v) is 21.0. The standard InChI is InChI=1S/C29H30N2O3S/c1-3-21-5-7-23(8-6-21)15-18-34-26-11-9-24(10-12-26)20-27-28(32)31(29(33)35-27)17-14-25-19-22(4-2)13-16-30-25/h5-13,16,19-20H,3-4,14-15,17-18H2,1-2H3/b27-20+. The first-order valence-corrected chi connectivity index (χ1v) is 12.9. The van der Waals surface area contributed by atoms with Gasteiger partial charge in [-0.3, -0.25) is 19.5 Å². The molecule has 0 bridgehead atoms. The summed E-state index contributed by atoms with van der Waals surface area (Å²) in [6.07, 6.45) is 6.90. The Hall–Kier alpha value is -3.38. The highest BCUT2D eigenvalue weighted by molar-refractivity contribution is 8.18. The van der Waals surface area contributed by atoms with E-state index in [0.29, 0.717) is 24.5 Å². The Kier molecular flexibility index (Phi) is 8.37. The van der Waals surface area contributed by atoms with Gasteiger partial charge in [0.15, 0.2) is 0 Å². The summed E-state index contributed by atoms with van der Waals surface area (Å²) >= 11 is 0.985. The Morgan fingerprint density at radius 3 is 2.31 bits per heavy atom. The minimum absolute atomic E-state index is 0.236. The van der Waals surface area contributed by atoms with E-state index in [9.17, 15) is 9.59 Å². The molecule has 0 radical (unpaired) electrons. The molecule has 1 aliphatic rings. The number of aryl methyl sites for hydroxylation is 2. The van der Waals surface area contributed by atoms with Crippen LogP contribution in [0.2, 0.25) is 0 Å². The van der Waals surface area contributed by atoms with E-state index in [2.05, 4.69) is 43.1 Å². The molecule has 0 aliphatic carbocycles. The third-order valence-electron chi connectivity index (χ3n) is 6.02. The highest BCUT2D eigenvalue weighted by Gasteiger charge is 2.34. The first kappa shape index (κ1) is 24.7. The van der Waals surface area contributed by atoms with E-state index in [1.165, 1.54) is 21.6 Å². The van der Waals surface area contributed by atoms with Gasteiger partial charge in [-0.05, 0) is 77.2 Å². The molecule has 0 atom stereocenters. The van der Waals surface area contributed by atoms with Gasteiger partial charge in [-0.1, -0.05) is 50.2 Å². The third kappa shape index (κ3) is 6.61. The molecule has 0 spiro atoms. The van der Waals surface area contributed by atoms with Crippen molar-refractivity contribution < 1.29 is 14.3 Å². The summed E-state index contributed by atoms with van der Waals surface area (Å²) in [6, 6.07) is 20.2. The van der Waals surface area contributed by atoms with Crippen LogP contribution in [0.1, 0.15) is 41.8 Å². The molecule has 3 aromatic rings. The highest BCUT2D eigenvalue weighted by atomic mass is 32.2. The van der Waals surface area contributed by atoms with Crippen LogP contribution in [0.5, 0.6) is 5.75 Å². The fourth-order valence-electron chi connectivity index (χ4n) is 3.84. The monoisotopic (exact) mass is 486 g/mol. The maximum absolute atomic E-state index is 12.8. The Bertz CT molecular complexity index is 1200. The molecule has 180 valence electrons. The van der Waals surface area contributed by atoms with Gasteiger partial charge in [0.1, 0.15) is 5.75 Å². The van der Waals surface area contributed by atoms with Crippen LogP contribution in [0, 0.1) is 0 Å². The van der Waals surface area contributed by atoms with E-state index in [-0.39, 0.29) is 11.1 Å². The number of ether oxygens (including phenoxy) is 1. The lowest BCUT2D eigenvalue weighted by Gasteiger charge is -2.12. The Balaban J connectivity index is 1.30. The summed E-state index contributed by atoms with van der Waals surface area (Å²) in [5.41, 5.74) is 5.53. The number of benzene rings is 2. The SMILES string of the molecule is CCc1ccc(CCOc2ccc(/C=C3/SC(=O)N(CCc4cc(CC)ccn4)C3=O)cc2)cc1. The molecule has 1 aliphatic heterocycles. The molecule has 2 aromatic carbocycles. The summed E-state index contributed by atoms with van der Waals surface area (Å²) in [5, 5.41) is -0.236. The zero-order chi connectivity index (χ0) is 24.6. The number of nitrogens with zero attached hydrogens (tertiary/aromatic N) is 2. The molecule has 2 amide bonds. The molecule has 0 unspecified atom stereocenters. The third-order valence-corrected chi connectivity index (χ3v) is 6.93. The van der Waals surface area contributed by atoms with Crippen LogP contribution in [0.4, 0.5) is 4.79 Å². The normalized spacial score (nSPS) is 14.7. The highest BCUT2D eigenvalue weighted by Crippen LogP contribution is 2.32. The summed E-state index contributed by atoms with van der Waals surface area (Å²) in [7, 11) is 0. The number of aromatic nitrogens is 1. The lowest BCUT2D eigenvalue weighted by Crippen LogP contribution is -2.30. The van der Waals surface area contributed by atoms with E-state index >= 15 is 0 Å². The number of carbonyl (C=O) groups is 2. The molecular formula is C29H30N2O3S. The molecule has 0 N–H and O–H groups in total. The van der Waals surface area contributed by atoms with Gasteiger partial charge in [0.2, 0.25) is 0 Å². The van der Waals surface area contributed by atoms with Crippen LogP contribution in [0.25, 0.3) is 6.08 Å². The predicted octanol–water partition coefficient (Wildman–Crippen LogP) is 6.11. The molecule has 6 heteroatoms. The van der Waals surface area contributed by atoms with E-state index < -0.39 is 0 Å². The lowest BCUT2D eigenvalue weighted by molar-refractivity contribution is -0.122. The van der Waals surface area contributed by atoms with Crippen LogP contribution in [-0.4, -0.2) is 34.2 Å². The minimum atomic E-state index is -0.249. The summed E-state index contributed by atoms with van der Waals surface area (Å²) in [4.78, 5) is 31.4. The van der Waals surface area contributed by atoms with E-state index in [4.69, 9.17) is 4.74 Å². The van der Waals surface area contributed by atoms with E-state index in [1.807, 2.05) is 36.4 Å². The largest absolute Gasteiger partial charge is 0.493 e. The summed E-state index contributed by atoms with van der Waals surface area (Å²) in [6.45, 7) is 5.17. The van der Waals surface area contributed by atoms with Gasteiger partial charge in [0.05, 0.1) is 11.5 Å². The predicted molar refractivity (Wildman–Crippen MR) is 141 cm³/mol. The first-order valence-electron chi connectivity index (χ1n) is 12.1. The second-order valence-electron chi connectivity index (χ2n) is 8.43. The number of pyridine rings is 1. The number of carbonyl (C=O) groups excluding carboxylic acids is 2. The fraction of sp³-hybridized carbons (Fsp3) is 0.276. The van der Waals surface area contributed by atoms with Crippen LogP contribution in [-0.2, 0) is 30.5 Å². The van der Waals surface area contributed by atoms with Crippen molar-refractivity contribution >= 4 is 29.0 Å². The number of imide groups is 1. The van der Waals surface area contributed by atoms with Gasteiger partial charge < -0.3 is 4.74 Å². The van der Waals surface area contributed by atoms with Crippen molar-refractivity contribution in [2.75, 3.05) is 13.2 Å². The number of hydrogen-bond donors (Lipinski definition) is 0. The molecule has 1 fully saturated rings. The van der Waals surface area contributed by atoms with Crippen molar-refractivity contribution in [3.05, 3.63) is 99.7 Å². The fourth-order valence-corrected chi connectivity index (χ4v) is 4.71. The maximum atomic E-state index is 12.8. The Morgan fingerprint density at radius 2 is 1.60 bits per heavy atom. The van der Waals surface area contributed by atoms with E-state index in [1.54, 1.807) is 12.3 Å². The quantitative estimate of drug-likeness (QED) is 0.324. The van der Waals surface area contributed by atoms with Crippen LogP contribution in [0.3, 0.4) is 0 Å². The van der Waals surface area contributed by atoms with Gasteiger partial charge in [-0.15, -0.1) is 0 Å². The molecule has 5 nitrogen and oxygen atoms in total. The van der Waals surface area contributed by atoms with Crippen molar-refractivity contribution in [2.24, 2.45) is 0 Å². The maximum Gasteiger partial charge on any atom is 0.293 e. The zero-order valence-electron chi connectivity index (χ0n) is 20.2.